The van der Waals surface area contributed by atoms with Crippen LogP contribution in [0.1, 0.15) is 24.3 Å². The van der Waals surface area contributed by atoms with E-state index in [1.807, 2.05) is 26.0 Å². The second-order valence-electron chi connectivity index (χ2n) is 6.51. The summed E-state index contributed by atoms with van der Waals surface area (Å²) in [4.78, 5) is 13.2. The highest BCUT2D eigenvalue weighted by Gasteiger charge is 2.21. The highest BCUT2D eigenvalue weighted by atomic mass is 32.1. The van der Waals surface area contributed by atoms with Gasteiger partial charge in [0.1, 0.15) is 0 Å². The first kappa shape index (κ1) is 18.5. The lowest BCUT2D eigenvalue weighted by molar-refractivity contribution is 0.588. The molecule has 0 atom stereocenters. The van der Waals surface area contributed by atoms with Crippen molar-refractivity contribution in [2.24, 2.45) is 4.99 Å². The predicted octanol–water partition coefficient (Wildman–Crippen LogP) is 4.43. The minimum absolute atomic E-state index is 0.797. The highest BCUT2D eigenvalue weighted by molar-refractivity contribution is 7.18. The molecule has 136 valence electrons. The van der Waals surface area contributed by atoms with Crippen LogP contribution in [-0.4, -0.2) is 36.9 Å². The van der Waals surface area contributed by atoms with Crippen molar-refractivity contribution in [2.75, 3.05) is 31.1 Å². The van der Waals surface area contributed by atoms with Gasteiger partial charge in [-0.3, -0.25) is 4.99 Å². The summed E-state index contributed by atoms with van der Waals surface area (Å²) >= 11 is 1.72. The molecule has 3 rings (SSSR count). The predicted molar refractivity (Wildman–Crippen MR) is 114 cm³/mol. The smallest absolute Gasteiger partial charge is 0.186 e. The van der Waals surface area contributed by atoms with E-state index in [0.717, 1.165) is 58.9 Å². The largest absolute Gasteiger partial charge is 0.346 e. The molecule has 0 amide bonds. The molecule has 1 aliphatic rings. The lowest BCUT2D eigenvalue weighted by atomic mass is 10.1. The number of allylic oxidation sites excluding steroid dienone is 3. The number of piperazine rings is 1. The van der Waals surface area contributed by atoms with Crippen molar-refractivity contribution in [3.8, 4) is 11.3 Å². The van der Waals surface area contributed by atoms with Crippen LogP contribution in [0.5, 0.6) is 0 Å². The Labute approximate surface area is 160 Å². The summed E-state index contributed by atoms with van der Waals surface area (Å²) in [6.45, 7) is 14.0. The number of nitrogens with zero attached hydrogens (tertiary/aromatic N) is 3. The Morgan fingerprint density at radius 1 is 1.35 bits per heavy atom. The Bertz CT molecular complexity index is 841. The van der Waals surface area contributed by atoms with E-state index < -0.39 is 0 Å². The lowest BCUT2D eigenvalue weighted by Gasteiger charge is -2.26. The number of aromatic nitrogens is 1. The molecule has 0 aliphatic carbocycles. The van der Waals surface area contributed by atoms with Crippen molar-refractivity contribution in [2.45, 2.75) is 20.8 Å². The number of thiazole rings is 1. The number of rotatable bonds is 5. The van der Waals surface area contributed by atoms with E-state index in [9.17, 15) is 0 Å². The number of hydrogen-bond acceptors (Lipinski definition) is 5. The normalized spacial score (nSPS) is 15.7. The Hall–Kier alpha value is -2.24. The fourth-order valence-electron chi connectivity index (χ4n) is 2.99. The van der Waals surface area contributed by atoms with Gasteiger partial charge in [-0.25, -0.2) is 4.98 Å². The minimum Gasteiger partial charge on any atom is -0.346 e. The van der Waals surface area contributed by atoms with Crippen LogP contribution in [0.3, 0.4) is 0 Å². The van der Waals surface area contributed by atoms with E-state index in [-0.39, 0.29) is 0 Å². The van der Waals surface area contributed by atoms with Gasteiger partial charge in [-0.2, -0.15) is 0 Å². The van der Waals surface area contributed by atoms with Crippen molar-refractivity contribution in [1.29, 1.82) is 0 Å². The molecule has 26 heavy (non-hydrogen) atoms. The van der Waals surface area contributed by atoms with Crippen molar-refractivity contribution in [3.63, 3.8) is 0 Å². The van der Waals surface area contributed by atoms with Gasteiger partial charge in [-0.15, -0.1) is 0 Å². The van der Waals surface area contributed by atoms with Gasteiger partial charge in [0.05, 0.1) is 16.3 Å². The standard InChI is InChI=1S/C21H26N4S/c1-5-7-18(23-15(2)3)20-19(17-9-6-8-16(4)14-17)24-21(26-20)25-12-10-22-11-13-25/h5-9,14,22H,2,10-13H2,1,3-4H3/b7-5-,23-18?. The van der Waals surface area contributed by atoms with Crippen molar-refractivity contribution in [1.82, 2.24) is 10.3 Å². The van der Waals surface area contributed by atoms with E-state index in [0.29, 0.717) is 0 Å². The Morgan fingerprint density at radius 3 is 2.77 bits per heavy atom. The fraction of sp³-hybridized carbons (Fsp3) is 0.333. The van der Waals surface area contributed by atoms with Crippen molar-refractivity contribution in [3.05, 3.63) is 59.1 Å². The average Bonchev–Trinajstić information content (AvgIpc) is 3.07. The first-order chi connectivity index (χ1) is 12.6. The average molecular weight is 367 g/mol. The number of hydrogen-bond donors (Lipinski definition) is 1. The Balaban J connectivity index is 2.13. The molecule has 0 bridgehead atoms. The molecule has 0 spiro atoms. The number of nitrogens with one attached hydrogen (secondary N) is 1. The van der Waals surface area contributed by atoms with E-state index in [1.54, 1.807) is 11.3 Å². The van der Waals surface area contributed by atoms with Crippen LogP contribution in [-0.2, 0) is 0 Å². The van der Waals surface area contributed by atoms with E-state index in [1.165, 1.54) is 5.56 Å². The van der Waals surface area contributed by atoms with Gasteiger partial charge in [0.2, 0.25) is 0 Å². The van der Waals surface area contributed by atoms with Crippen LogP contribution in [0.15, 0.2) is 53.7 Å². The third-order valence-corrected chi connectivity index (χ3v) is 5.30. The van der Waals surface area contributed by atoms with Crippen LogP contribution in [0.25, 0.3) is 11.3 Å². The maximum Gasteiger partial charge on any atom is 0.186 e. The Kier molecular flexibility index (Phi) is 6.01. The van der Waals surface area contributed by atoms with Crippen LogP contribution in [0.4, 0.5) is 5.13 Å². The molecule has 0 saturated carbocycles. The molecule has 1 aromatic heterocycles. The van der Waals surface area contributed by atoms with Crippen LogP contribution in [0, 0.1) is 6.92 Å². The van der Waals surface area contributed by atoms with Gasteiger partial charge in [0, 0.05) is 37.4 Å². The molecule has 4 nitrogen and oxygen atoms in total. The number of aliphatic imine (C=N–C) groups is 1. The number of anilines is 1. The summed E-state index contributed by atoms with van der Waals surface area (Å²) in [6.07, 6.45) is 4.06. The molecular formula is C21H26N4S. The molecule has 1 aromatic carbocycles. The van der Waals surface area contributed by atoms with Gasteiger partial charge in [0.25, 0.3) is 0 Å². The summed E-state index contributed by atoms with van der Waals surface area (Å²) in [6, 6.07) is 8.51. The second-order valence-corrected chi connectivity index (χ2v) is 7.49. The lowest BCUT2D eigenvalue weighted by Crippen LogP contribution is -2.43. The van der Waals surface area contributed by atoms with Crippen molar-refractivity contribution >= 4 is 22.2 Å². The molecule has 5 heteroatoms. The van der Waals surface area contributed by atoms with Crippen molar-refractivity contribution < 1.29 is 0 Å². The summed E-state index contributed by atoms with van der Waals surface area (Å²) < 4.78 is 0. The second kappa shape index (κ2) is 8.43. The van der Waals surface area contributed by atoms with Gasteiger partial charge in [-0.1, -0.05) is 47.8 Å². The molecule has 1 fully saturated rings. The van der Waals surface area contributed by atoms with E-state index in [2.05, 4.69) is 53.0 Å². The molecule has 0 radical (unpaired) electrons. The molecule has 2 aromatic rings. The maximum absolute atomic E-state index is 5.03. The zero-order chi connectivity index (χ0) is 18.5. The van der Waals surface area contributed by atoms with Gasteiger partial charge < -0.3 is 10.2 Å². The van der Waals surface area contributed by atoms with E-state index in [4.69, 9.17) is 4.98 Å². The first-order valence-corrected chi connectivity index (χ1v) is 9.81. The SMILES string of the molecule is C=C(C)N=C(/C=C\C)c1sc(N2CCNCC2)nc1-c1cccc(C)c1. The quantitative estimate of drug-likeness (QED) is 0.796. The van der Waals surface area contributed by atoms with Gasteiger partial charge in [0.15, 0.2) is 5.13 Å². The molecule has 2 heterocycles. The molecule has 1 aliphatic heterocycles. The summed E-state index contributed by atoms with van der Waals surface area (Å²) in [7, 11) is 0. The Morgan fingerprint density at radius 2 is 2.12 bits per heavy atom. The van der Waals surface area contributed by atoms with Gasteiger partial charge >= 0.3 is 0 Å². The summed E-state index contributed by atoms with van der Waals surface area (Å²) in [5.41, 5.74) is 5.09. The molecular weight excluding hydrogens is 340 g/mol. The summed E-state index contributed by atoms with van der Waals surface area (Å²) in [5.74, 6) is 0. The van der Waals surface area contributed by atoms with Crippen LogP contribution < -0.4 is 10.2 Å². The van der Waals surface area contributed by atoms with E-state index >= 15 is 0 Å². The zero-order valence-electron chi connectivity index (χ0n) is 15.7. The maximum atomic E-state index is 5.03. The third-order valence-electron chi connectivity index (χ3n) is 4.16. The molecule has 1 saturated heterocycles. The highest BCUT2D eigenvalue weighted by Crippen LogP contribution is 2.34. The monoisotopic (exact) mass is 366 g/mol. The third kappa shape index (κ3) is 4.29. The zero-order valence-corrected chi connectivity index (χ0v) is 16.6. The fourth-order valence-corrected chi connectivity index (χ4v) is 4.10. The number of aryl methyl sites for hydroxylation is 1. The first-order valence-electron chi connectivity index (χ1n) is 8.99. The van der Waals surface area contributed by atoms with Crippen LogP contribution >= 0.6 is 11.3 Å². The summed E-state index contributed by atoms with van der Waals surface area (Å²) in [5, 5.41) is 4.47. The molecule has 1 N–H and O–H groups in total. The minimum atomic E-state index is 0.797. The topological polar surface area (TPSA) is 40.5 Å². The van der Waals surface area contributed by atoms with Crippen LogP contribution in [0.2, 0.25) is 0 Å². The molecule has 0 unspecified atom stereocenters. The van der Waals surface area contributed by atoms with Gasteiger partial charge in [-0.05, 0) is 32.9 Å². The number of benzene rings is 1.